The van der Waals surface area contributed by atoms with E-state index in [0.29, 0.717) is 11.6 Å². The molecule has 0 aromatic carbocycles. The van der Waals surface area contributed by atoms with Gasteiger partial charge < -0.3 is 4.74 Å². The maximum absolute atomic E-state index is 12.3. The van der Waals surface area contributed by atoms with Crippen molar-refractivity contribution in [2.75, 3.05) is 12.0 Å². The third-order valence-electron chi connectivity index (χ3n) is 3.06. The number of carbonyl (C=O) groups is 3. The lowest BCUT2D eigenvalue weighted by molar-refractivity contribution is -0.136. The molecule has 0 saturated carbocycles. The van der Waals surface area contributed by atoms with Gasteiger partial charge in [0.25, 0.3) is 0 Å². The number of carbonyl (C=O) groups excluding carboxylic acids is 3. The number of urea groups is 1. The number of nitrogens with zero attached hydrogens (tertiary/aromatic N) is 2. The van der Waals surface area contributed by atoms with Crippen LogP contribution in [0.1, 0.15) is 13.8 Å². The number of methoxy groups -OCH3 is 1. The van der Waals surface area contributed by atoms with Gasteiger partial charge in [0, 0.05) is 6.07 Å². The highest BCUT2D eigenvalue weighted by atomic mass is 16.5. The lowest BCUT2D eigenvalue weighted by Gasteiger charge is -2.31. The summed E-state index contributed by atoms with van der Waals surface area (Å²) in [6.45, 7) is 3.50. The lowest BCUT2D eigenvalue weighted by Crippen LogP contribution is -2.59. The maximum atomic E-state index is 12.3. The number of ether oxygens (including phenoxy) is 1. The van der Waals surface area contributed by atoms with Crippen LogP contribution < -0.4 is 15.0 Å². The topological polar surface area (TPSA) is 88.6 Å². The molecule has 0 aliphatic carbocycles. The molecule has 1 atom stereocenters. The van der Waals surface area contributed by atoms with Gasteiger partial charge in [-0.1, -0.05) is 13.8 Å². The fourth-order valence-corrected chi connectivity index (χ4v) is 2.05. The van der Waals surface area contributed by atoms with Crippen molar-refractivity contribution in [3.63, 3.8) is 0 Å². The number of anilines is 1. The molecule has 1 aliphatic rings. The highest BCUT2D eigenvalue weighted by molar-refractivity contribution is 6.27. The average Bonchev–Trinajstić information content (AvgIpc) is 2.38. The third kappa shape index (κ3) is 2.34. The molecule has 2 rings (SSSR count). The summed E-state index contributed by atoms with van der Waals surface area (Å²) < 4.78 is 4.92. The Balaban J connectivity index is 2.35. The molecule has 1 aliphatic heterocycles. The maximum Gasteiger partial charge on any atom is 0.335 e. The van der Waals surface area contributed by atoms with Crippen LogP contribution in [0.15, 0.2) is 18.3 Å². The number of rotatable bonds is 3. The molecule has 1 N–H and O–H groups in total. The second-order valence-electron chi connectivity index (χ2n) is 4.75. The molecule has 0 bridgehead atoms. The summed E-state index contributed by atoms with van der Waals surface area (Å²) in [5.41, 5.74) is 0.298. The Morgan fingerprint density at radius 2 is 2.00 bits per heavy atom. The molecule has 0 spiro atoms. The van der Waals surface area contributed by atoms with Crippen LogP contribution in [0.2, 0.25) is 0 Å². The van der Waals surface area contributed by atoms with E-state index < -0.39 is 23.8 Å². The Kier molecular flexibility index (Phi) is 3.69. The summed E-state index contributed by atoms with van der Waals surface area (Å²) in [5.74, 6) is -1.82. The summed E-state index contributed by atoms with van der Waals surface area (Å²) in [4.78, 5) is 40.8. The summed E-state index contributed by atoms with van der Waals surface area (Å²) in [6.07, 6.45) is 1.35. The van der Waals surface area contributed by atoms with Crippen molar-refractivity contribution in [2.24, 2.45) is 11.8 Å². The molecule has 0 radical (unpaired) electrons. The number of imide groups is 2. The predicted molar refractivity (Wildman–Crippen MR) is 70.1 cm³/mol. The van der Waals surface area contributed by atoms with Crippen LogP contribution in [-0.4, -0.2) is 29.9 Å². The number of barbiturate groups is 1. The van der Waals surface area contributed by atoms with Crippen LogP contribution >= 0.6 is 0 Å². The summed E-state index contributed by atoms with van der Waals surface area (Å²) in [7, 11) is 1.47. The number of nitrogens with one attached hydrogen (secondary N) is 1. The first-order chi connectivity index (χ1) is 9.45. The Labute approximate surface area is 115 Å². The van der Waals surface area contributed by atoms with Gasteiger partial charge in [-0.15, -0.1) is 0 Å². The third-order valence-corrected chi connectivity index (χ3v) is 3.06. The monoisotopic (exact) mass is 277 g/mol. The molecule has 1 unspecified atom stereocenters. The van der Waals surface area contributed by atoms with Crippen molar-refractivity contribution in [1.29, 1.82) is 0 Å². The minimum Gasteiger partial charge on any atom is -0.481 e. The van der Waals surface area contributed by atoms with Crippen LogP contribution in [0.5, 0.6) is 5.88 Å². The van der Waals surface area contributed by atoms with Crippen molar-refractivity contribution in [3.05, 3.63) is 18.3 Å². The van der Waals surface area contributed by atoms with Crippen molar-refractivity contribution >= 4 is 23.5 Å². The van der Waals surface area contributed by atoms with Crippen LogP contribution in [0.4, 0.5) is 10.5 Å². The van der Waals surface area contributed by atoms with Gasteiger partial charge >= 0.3 is 6.03 Å². The molecule has 7 heteroatoms. The Hall–Kier alpha value is -2.44. The zero-order chi connectivity index (χ0) is 14.9. The van der Waals surface area contributed by atoms with E-state index in [1.807, 2.05) is 0 Å². The Bertz CT molecular complexity index is 553. The first kappa shape index (κ1) is 14.0. The van der Waals surface area contributed by atoms with Crippen molar-refractivity contribution in [3.8, 4) is 5.88 Å². The van der Waals surface area contributed by atoms with E-state index in [9.17, 15) is 14.4 Å². The smallest absolute Gasteiger partial charge is 0.335 e. The van der Waals surface area contributed by atoms with E-state index in [2.05, 4.69) is 10.3 Å². The van der Waals surface area contributed by atoms with E-state index in [-0.39, 0.29) is 5.92 Å². The van der Waals surface area contributed by atoms with E-state index in [1.165, 1.54) is 25.4 Å². The molecule has 1 saturated heterocycles. The molecule has 2 heterocycles. The van der Waals surface area contributed by atoms with Gasteiger partial charge in [0.1, 0.15) is 5.92 Å². The molecule has 1 fully saturated rings. The van der Waals surface area contributed by atoms with Crippen LogP contribution in [-0.2, 0) is 9.59 Å². The second-order valence-corrected chi connectivity index (χ2v) is 4.75. The standard InChI is InChI=1S/C13H15N3O4/c1-7(2)10-11(17)15-13(19)16(12(10)18)8-4-5-9(20-3)14-6-8/h4-7,10H,1-3H3,(H,15,17,19). The van der Waals surface area contributed by atoms with Gasteiger partial charge in [0.05, 0.1) is 19.0 Å². The molecule has 4 amide bonds. The van der Waals surface area contributed by atoms with Crippen molar-refractivity contribution in [2.45, 2.75) is 13.8 Å². The largest absolute Gasteiger partial charge is 0.481 e. The average molecular weight is 277 g/mol. The number of hydrogen-bond donors (Lipinski definition) is 1. The van der Waals surface area contributed by atoms with Gasteiger partial charge in [-0.05, 0) is 12.0 Å². The van der Waals surface area contributed by atoms with Gasteiger partial charge in [0.15, 0.2) is 0 Å². The first-order valence-corrected chi connectivity index (χ1v) is 6.14. The molecular formula is C13H15N3O4. The summed E-state index contributed by atoms with van der Waals surface area (Å²) in [6, 6.07) is 2.32. The zero-order valence-corrected chi connectivity index (χ0v) is 11.4. The Morgan fingerprint density at radius 1 is 1.30 bits per heavy atom. The lowest BCUT2D eigenvalue weighted by atomic mass is 9.92. The summed E-state index contributed by atoms with van der Waals surface area (Å²) in [5, 5.41) is 2.19. The minimum absolute atomic E-state index is 0.204. The van der Waals surface area contributed by atoms with Gasteiger partial charge in [-0.25, -0.2) is 14.7 Å². The van der Waals surface area contributed by atoms with E-state index >= 15 is 0 Å². The normalized spacial score (nSPS) is 19.3. The van der Waals surface area contributed by atoms with Crippen molar-refractivity contribution in [1.82, 2.24) is 10.3 Å². The fraction of sp³-hybridized carbons (Fsp3) is 0.385. The van der Waals surface area contributed by atoms with E-state index in [1.54, 1.807) is 13.8 Å². The number of amides is 4. The van der Waals surface area contributed by atoms with E-state index in [0.717, 1.165) is 4.90 Å². The van der Waals surface area contributed by atoms with E-state index in [4.69, 9.17) is 4.74 Å². The minimum atomic E-state index is -0.880. The quantitative estimate of drug-likeness (QED) is 0.831. The molecular weight excluding hydrogens is 262 g/mol. The van der Waals surface area contributed by atoms with Crippen LogP contribution in [0.25, 0.3) is 0 Å². The molecule has 106 valence electrons. The Morgan fingerprint density at radius 3 is 2.50 bits per heavy atom. The number of pyridine rings is 1. The molecule has 7 nitrogen and oxygen atoms in total. The van der Waals surface area contributed by atoms with Crippen LogP contribution in [0, 0.1) is 11.8 Å². The van der Waals surface area contributed by atoms with Gasteiger partial charge in [-0.2, -0.15) is 0 Å². The predicted octanol–water partition coefficient (Wildman–Crippen LogP) is 0.945. The zero-order valence-electron chi connectivity index (χ0n) is 11.4. The van der Waals surface area contributed by atoms with Gasteiger partial charge in [-0.3, -0.25) is 14.9 Å². The summed E-state index contributed by atoms with van der Waals surface area (Å²) >= 11 is 0. The molecule has 20 heavy (non-hydrogen) atoms. The van der Waals surface area contributed by atoms with Crippen molar-refractivity contribution < 1.29 is 19.1 Å². The fourth-order valence-electron chi connectivity index (χ4n) is 2.05. The number of hydrogen-bond acceptors (Lipinski definition) is 5. The highest BCUT2D eigenvalue weighted by Gasteiger charge is 2.42. The second kappa shape index (κ2) is 5.28. The highest BCUT2D eigenvalue weighted by Crippen LogP contribution is 2.24. The van der Waals surface area contributed by atoms with Gasteiger partial charge in [0.2, 0.25) is 17.7 Å². The van der Waals surface area contributed by atoms with Crippen LogP contribution in [0.3, 0.4) is 0 Å². The molecule has 1 aromatic heterocycles. The number of aromatic nitrogens is 1. The SMILES string of the molecule is COc1ccc(N2C(=O)NC(=O)C(C(C)C)C2=O)cn1. The molecule has 1 aromatic rings. The first-order valence-electron chi connectivity index (χ1n) is 6.14.